The monoisotopic (exact) mass is 253 g/mol. The Bertz CT molecular complexity index is 443. The molecule has 1 aromatic carbocycles. The lowest BCUT2D eigenvalue weighted by atomic mass is 10.1. The van der Waals surface area contributed by atoms with E-state index in [2.05, 4.69) is 6.58 Å². The molecule has 0 bridgehead atoms. The van der Waals surface area contributed by atoms with Gasteiger partial charge in [-0.25, -0.2) is 0 Å². The minimum Gasteiger partial charge on any atom is -0.506 e. The zero-order valence-electron chi connectivity index (χ0n) is 10.0. The molecule has 0 fully saturated rings. The number of nitrogens with zero attached hydrogens (tertiary/aromatic N) is 1. The minimum atomic E-state index is -0.137. The van der Waals surface area contributed by atoms with Gasteiger partial charge in [0.15, 0.2) is 0 Å². The quantitative estimate of drug-likeness (QED) is 0.838. The Balaban J connectivity index is 2.93. The second-order valence-electron chi connectivity index (χ2n) is 3.94. The normalized spacial score (nSPS) is 10.1. The van der Waals surface area contributed by atoms with E-state index in [1.165, 1.54) is 12.1 Å². The van der Waals surface area contributed by atoms with Gasteiger partial charge in [0.2, 0.25) is 0 Å². The number of likely N-dealkylation sites (N-methyl/N-ethyl adjacent to an activating group) is 1. The molecule has 0 saturated heterocycles. The summed E-state index contributed by atoms with van der Waals surface area (Å²) in [6.45, 7) is 8.66. The maximum absolute atomic E-state index is 12.1. The molecule has 0 atom stereocenters. The van der Waals surface area contributed by atoms with Crippen LogP contribution in [0.2, 0.25) is 5.02 Å². The highest BCUT2D eigenvalue weighted by molar-refractivity contribution is 6.32. The first kappa shape index (κ1) is 13.6. The number of carbonyl (C=O) groups is 1. The predicted molar refractivity (Wildman–Crippen MR) is 69.5 cm³/mol. The summed E-state index contributed by atoms with van der Waals surface area (Å²) in [5, 5.41) is 9.71. The number of carbonyl (C=O) groups excluding carboxylic acids is 1. The highest BCUT2D eigenvalue weighted by Crippen LogP contribution is 2.24. The maximum atomic E-state index is 12.1. The molecular weight excluding hydrogens is 238 g/mol. The Morgan fingerprint density at radius 2 is 2.18 bits per heavy atom. The number of benzene rings is 1. The average Bonchev–Trinajstić information content (AvgIpc) is 2.28. The lowest BCUT2D eigenvalue weighted by Crippen LogP contribution is -2.32. The van der Waals surface area contributed by atoms with E-state index >= 15 is 0 Å². The summed E-state index contributed by atoms with van der Waals surface area (Å²) in [4.78, 5) is 13.8. The van der Waals surface area contributed by atoms with Gasteiger partial charge in [-0.2, -0.15) is 0 Å². The molecule has 1 aromatic rings. The van der Waals surface area contributed by atoms with Crippen molar-refractivity contribution in [2.24, 2.45) is 0 Å². The Morgan fingerprint density at radius 3 is 2.65 bits per heavy atom. The first-order valence-corrected chi connectivity index (χ1v) is 5.75. The molecular formula is C13H16ClNO2. The summed E-state index contributed by atoms with van der Waals surface area (Å²) in [6, 6.07) is 4.50. The molecule has 1 amide bonds. The smallest absolute Gasteiger partial charge is 0.254 e. The molecule has 92 valence electrons. The highest BCUT2D eigenvalue weighted by Gasteiger charge is 2.15. The summed E-state index contributed by atoms with van der Waals surface area (Å²) < 4.78 is 0. The Kier molecular flexibility index (Phi) is 4.58. The van der Waals surface area contributed by atoms with E-state index in [4.69, 9.17) is 11.6 Å². The number of rotatable bonds is 4. The first-order chi connectivity index (χ1) is 7.95. The van der Waals surface area contributed by atoms with Crippen molar-refractivity contribution in [2.75, 3.05) is 13.1 Å². The van der Waals surface area contributed by atoms with Gasteiger partial charge in [-0.3, -0.25) is 4.79 Å². The minimum absolute atomic E-state index is 0.0797. The summed E-state index contributed by atoms with van der Waals surface area (Å²) in [5.41, 5.74) is 1.34. The van der Waals surface area contributed by atoms with E-state index < -0.39 is 0 Å². The number of phenolic OH excluding ortho intramolecular Hbond substituents is 1. The predicted octanol–water partition coefficient (Wildman–Crippen LogP) is 3.08. The molecule has 17 heavy (non-hydrogen) atoms. The van der Waals surface area contributed by atoms with Crippen LogP contribution in [0, 0.1) is 0 Å². The highest BCUT2D eigenvalue weighted by atomic mass is 35.5. The zero-order valence-corrected chi connectivity index (χ0v) is 10.8. The third kappa shape index (κ3) is 3.49. The fourth-order valence-corrected chi connectivity index (χ4v) is 1.60. The van der Waals surface area contributed by atoms with Crippen molar-refractivity contribution >= 4 is 17.5 Å². The molecule has 0 heterocycles. The van der Waals surface area contributed by atoms with Crippen molar-refractivity contribution in [1.82, 2.24) is 4.90 Å². The summed E-state index contributed by atoms with van der Waals surface area (Å²) >= 11 is 5.69. The van der Waals surface area contributed by atoms with Crippen molar-refractivity contribution in [2.45, 2.75) is 13.8 Å². The van der Waals surface area contributed by atoms with E-state index in [0.29, 0.717) is 18.7 Å². The van der Waals surface area contributed by atoms with Gasteiger partial charge in [-0.1, -0.05) is 23.8 Å². The van der Waals surface area contributed by atoms with Crippen LogP contribution in [-0.4, -0.2) is 29.0 Å². The second kappa shape index (κ2) is 5.73. The fourth-order valence-electron chi connectivity index (χ4n) is 1.48. The third-order valence-electron chi connectivity index (χ3n) is 2.32. The summed E-state index contributed by atoms with van der Waals surface area (Å²) in [6.07, 6.45) is 0. The Labute approximate surface area is 106 Å². The second-order valence-corrected chi connectivity index (χ2v) is 4.35. The molecule has 0 aliphatic carbocycles. The van der Waals surface area contributed by atoms with E-state index in [1.54, 1.807) is 11.0 Å². The van der Waals surface area contributed by atoms with Crippen molar-refractivity contribution < 1.29 is 9.90 Å². The van der Waals surface area contributed by atoms with Gasteiger partial charge in [0.25, 0.3) is 5.91 Å². The van der Waals surface area contributed by atoms with Crippen molar-refractivity contribution in [3.05, 3.63) is 40.9 Å². The average molecular weight is 254 g/mol. The molecule has 3 nitrogen and oxygen atoms in total. The van der Waals surface area contributed by atoms with E-state index in [9.17, 15) is 9.90 Å². The standard InChI is InChI=1S/C13H16ClNO2/c1-4-15(8-9(2)3)13(17)10-5-6-11(14)12(16)7-10/h5-7,16H,2,4,8H2,1,3H3. The van der Waals surface area contributed by atoms with Crippen LogP contribution >= 0.6 is 11.6 Å². The molecule has 0 aliphatic heterocycles. The molecule has 1 rings (SSSR count). The number of aromatic hydroxyl groups is 1. The molecule has 0 radical (unpaired) electrons. The molecule has 0 aromatic heterocycles. The van der Waals surface area contributed by atoms with Crippen molar-refractivity contribution in [3.63, 3.8) is 0 Å². The van der Waals surface area contributed by atoms with Gasteiger partial charge in [0, 0.05) is 18.7 Å². The van der Waals surface area contributed by atoms with Gasteiger partial charge in [-0.15, -0.1) is 0 Å². The lowest BCUT2D eigenvalue weighted by molar-refractivity contribution is 0.0778. The van der Waals surface area contributed by atoms with Crippen molar-refractivity contribution in [1.29, 1.82) is 0 Å². The molecule has 0 spiro atoms. The largest absolute Gasteiger partial charge is 0.506 e. The van der Waals surface area contributed by atoms with Crippen LogP contribution in [-0.2, 0) is 0 Å². The van der Waals surface area contributed by atoms with Crippen LogP contribution in [0.25, 0.3) is 0 Å². The number of hydrogen-bond acceptors (Lipinski definition) is 2. The van der Waals surface area contributed by atoms with E-state index in [-0.39, 0.29) is 16.7 Å². The Morgan fingerprint density at radius 1 is 1.53 bits per heavy atom. The molecule has 0 unspecified atom stereocenters. The first-order valence-electron chi connectivity index (χ1n) is 5.38. The SMILES string of the molecule is C=C(C)CN(CC)C(=O)c1ccc(Cl)c(O)c1. The Hall–Kier alpha value is -1.48. The van der Waals surface area contributed by atoms with Gasteiger partial charge >= 0.3 is 0 Å². The molecule has 1 N–H and O–H groups in total. The number of halogens is 1. The zero-order chi connectivity index (χ0) is 13.0. The maximum Gasteiger partial charge on any atom is 0.254 e. The lowest BCUT2D eigenvalue weighted by Gasteiger charge is -2.21. The van der Waals surface area contributed by atoms with Gasteiger partial charge in [-0.05, 0) is 32.0 Å². The van der Waals surface area contributed by atoms with Gasteiger partial charge in [0.05, 0.1) is 5.02 Å². The number of amides is 1. The van der Waals surface area contributed by atoms with Crippen LogP contribution in [0.4, 0.5) is 0 Å². The van der Waals surface area contributed by atoms with Gasteiger partial charge < -0.3 is 10.0 Å². The van der Waals surface area contributed by atoms with Crippen LogP contribution in [0.3, 0.4) is 0 Å². The number of phenols is 1. The van der Waals surface area contributed by atoms with Gasteiger partial charge in [0.1, 0.15) is 5.75 Å². The van der Waals surface area contributed by atoms with Crippen molar-refractivity contribution in [3.8, 4) is 5.75 Å². The third-order valence-corrected chi connectivity index (χ3v) is 2.64. The molecule has 4 heteroatoms. The van der Waals surface area contributed by atoms with Crippen LogP contribution in [0.15, 0.2) is 30.4 Å². The number of hydrogen-bond donors (Lipinski definition) is 1. The van der Waals surface area contributed by atoms with E-state index in [0.717, 1.165) is 5.57 Å². The van der Waals surface area contributed by atoms with Crippen LogP contribution in [0.1, 0.15) is 24.2 Å². The van der Waals surface area contributed by atoms with Crippen LogP contribution in [0.5, 0.6) is 5.75 Å². The molecule has 0 aliphatic rings. The fraction of sp³-hybridized carbons (Fsp3) is 0.308. The summed E-state index contributed by atoms with van der Waals surface area (Å²) in [5.74, 6) is -0.216. The topological polar surface area (TPSA) is 40.5 Å². The van der Waals surface area contributed by atoms with E-state index in [1.807, 2.05) is 13.8 Å². The van der Waals surface area contributed by atoms with Crippen LogP contribution < -0.4 is 0 Å². The summed E-state index contributed by atoms with van der Waals surface area (Å²) in [7, 11) is 0. The molecule has 0 saturated carbocycles.